The number of hydrogen-bond acceptors (Lipinski definition) is 2. The Morgan fingerprint density at radius 3 is 2.74 bits per heavy atom. The summed E-state index contributed by atoms with van der Waals surface area (Å²) in [7, 11) is 0. The number of ketones is 1. The maximum Gasteiger partial charge on any atom is 0.134 e. The third-order valence-electron chi connectivity index (χ3n) is 3.22. The standard InChI is InChI=1S/C16H20N2O/c1-2-3-9-15(19)10-11-18-13-17-12-16(18)14-7-5-4-6-8-14/h4-8,12-13H,2-3,9-11H2,1H3. The van der Waals surface area contributed by atoms with Crippen LogP contribution in [0.15, 0.2) is 42.9 Å². The van der Waals surface area contributed by atoms with Gasteiger partial charge in [-0.05, 0) is 12.0 Å². The van der Waals surface area contributed by atoms with Crippen molar-refractivity contribution in [2.75, 3.05) is 0 Å². The van der Waals surface area contributed by atoms with Crippen LogP contribution >= 0.6 is 0 Å². The van der Waals surface area contributed by atoms with Crippen molar-refractivity contribution in [2.45, 2.75) is 39.2 Å². The van der Waals surface area contributed by atoms with E-state index in [0.29, 0.717) is 25.2 Å². The normalized spacial score (nSPS) is 10.6. The first-order valence-electron chi connectivity index (χ1n) is 6.88. The van der Waals surface area contributed by atoms with Gasteiger partial charge in [0.05, 0.1) is 18.2 Å². The highest BCUT2D eigenvalue weighted by Crippen LogP contribution is 2.18. The van der Waals surface area contributed by atoms with Crippen LogP contribution in [0.1, 0.15) is 32.6 Å². The molecule has 19 heavy (non-hydrogen) atoms. The molecule has 0 saturated heterocycles. The van der Waals surface area contributed by atoms with Crippen LogP contribution < -0.4 is 0 Å². The van der Waals surface area contributed by atoms with Gasteiger partial charge in [0.2, 0.25) is 0 Å². The largest absolute Gasteiger partial charge is 0.330 e. The van der Waals surface area contributed by atoms with Gasteiger partial charge >= 0.3 is 0 Å². The molecule has 0 unspecified atom stereocenters. The van der Waals surface area contributed by atoms with E-state index >= 15 is 0 Å². The van der Waals surface area contributed by atoms with Gasteiger partial charge in [0.1, 0.15) is 5.78 Å². The van der Waals surface area contributed by atoms with E-state index in [4.69, 9.17) is 0 Å². The van der Waals surface area contributed by atoms with Crippen molar-refractivity contribution in [1.29, 1.82) is 0 Å². The summed E-state index contributed by atoms with van der Waals surface area (Å²) in [4.78, 5) is 15.9. The highest BCUT2D eigenvalue weighted by Gasteiger charge is 2.07. The summed E-state index contributed by atoms with van der Waals surface area (Å²) in [5, 5.41) is 0. The van der Waals surface area contributed by atoms with E-state index in [1.54, 1.807) is 6.33 Å². The van der Waals surface area contributed by atoms with Crippen LogP contribution in [0.3, 0.4) is 0 Å². The third-order valence-corrected chi connectivity index (χ3v) is 3.22. The maximum atomic E-state index is 11.7. The van der Waals surface area contributed by atoms with Crippen LogP contribution in [-0.4, -0.2) is 15.3 Å². The van der Waals surface area contributed by atoms with Gasteiger partial charge in [-0.25, -0.2) is 4.98 Å². The highest BCUT2D eigenvalue weighted by molar-refractivity contribution is 5.78. The lowest BCUT2D eigenvalue weighted by Gasteiger charge is -2.07. The predicted molar refractivity (Wildman–Crippen MR) is 76.8 cm³/mol. The molecule has 1 aromatic carbocycles. The second kappa shape index (κ2) is 6.88. The Bertz CT molecular complexity index is 517. The summed E-state index contributed by atoms with van der Waals surface area (Å²) in [6.07, 6.45) is 7.02. The van der Waals surface area contributed by atoms with Gasteiger partial charge in [0, 0.05) is 19.4 Å². The molecule has 0 saturated carbocycles. The lowest BCUT2D eigenvalue weighted by molar-refractivity contribution is -0.119. The topological polar surface area (TPSA) is 34.9 Å². The maximum absolute atomic E-state index is 11.7. The van der Waals surface area contributed by atoms with Crippen molar-refractivity contribution in [1.82, 2.24) is 9.55 Å². The quantitative estimate of drug-likeness (QED) is 0.757. The van der Waals surface area contributed by atoms with Crippen molar-refractivity contribution in [3.8, 4) is 11.3 Å². The molecule has 100 valence electrons. The molecule has 0 aliphatic carbocycles. The summed E-state index contributed by atoms with van der Waals surface area (Å²) in [5.74, 6) is 0.342. The fourth-order valence-electron chi connectivity index (χ4n) is 2.09. The minimum atomic E-state index is 0.342. The van der Waals surface area contributed by atoms with Crippen molar-refractivity contribution in [3.63, 3.8) is 0 Å². The molecule has 2 aromatic rings. The number of unbranched alkanes of at least 4 members (excludes halogenated alkanes) is 1. The van der Waals surface area contributed by atoms with Crippen LogP contribution in [0.2, 0.25) is 0 Å². The second-order valence-corrected chi connectivity index (χ2v) is 4.73. The smallest absolute Gasteiger partial charge is 0.134 e. The summed E-state index contributed by atoms with van der Waals surface area (Å²) in [6, 6.07) is 10.1. The molecule has 0 aliphatic heterocycles. The lowest BCUT2D eigenvalue weighted by atomic mass is 10.1. The molecule has 0 atom stereocenters. The molecule has 0 N–H and O–H groups in total. The summed E-state index contributed by atoms with van der Waals surface area (Å²) >= 11 is 0. The Hall–Kier alpha value is -1.90. The fourth-order valence-corrected chi connectivity index (χ4v) is 2.09. The first-order valence-corrected chi connectivity index (χ1v) is 6.88. The molecule has 0 radical (unpaired) electrons. The van der Waals surface area contributed by atoms with Crippen LogP contribution in [0.25, 0.3) is 11.3 Å². The van der Waals surface area contributed by atoms with Gasteiger partial charge in [0.15, 0.2) is 0 Å². The number of carbonyl (C=O) groups excluding carboxylic acids is 1. The molecule has 0 amide bonds. The zero-order chi connectivity index (χ0) is 13.5. The Labute approximate surface area is 114 Å². The van der Waals surface area contributed by atoms with E-state index in [0.717, 1.165) is 24.1 Å². The number of Topliss-reactive ketones (excluding diaryl/α,β-unsaturated/α-hetero) is 1. The van der Waals surface area contributed by atoms with Crippen LogP contribution in [0, 0.1) is 0 Å². The van der Waals surface area contributed by atoms with Crippen molar-refractivity contribution < 1.29 is 4.79 Å². The molecule has 3 nitrogen and oxygen atoms in total. The molecule has 1 heterocycles. The summed E-state index contributed by atoms with van der Waals surface area (Å²) < 4.78 is 2.05. The molecule has 0 bridgehead atoms. The number of carbonyl (C=O) groups is 1. The molecule has 0 fully saturated rings. The number of aromatic nitrogens is 2. The molecule has 0 spiro atoms. The van der Waals surface area contributed by atoms with E-state index in [1.807, 2.05) is 24.4 Å². The average Bonchev–Trinajstić information content (AvgIpc) is 2.92. The molecule has 1 aromatic heterocycles. The van der Waals surface area contributed by atoms with Crippen LogP contribution in [0.5, 0.6) is 0 Å². The molecule has 0 aliphatic rings. The number of hydrogen-bond donors (Lipinski definition) is 0. The molecular weight excluding hydrogens is 236 g/mol. The third kappa shape index (κ3) is 3.78. The van der Waals surface area contributed by atoms with Gasteiger partial charge in [-0.1, -0.05) is 43.7 Å². The Morgan fingerprint density at radius 1 is 1.21 bits per heavy atom. The van der Waals surface area contributed by atoms with E-state index in [9.17, 15) is 4.79 Å². The number of rotatable bonds is 7. The highest BCUT2D eigenvalue weighted by atomic mass is 16.1. The zero-order valence-corrected chi connectivity index (χ0v) is 11.4. The monoisotopic (exact) mass is 256 g/mol. The van der Waals surface area contributed by atoms with E-state index in [1.165, 1.54) is 0 Å². The Kier molecular flexibility index (Phi) is 4.90. The fraction of sp³-hybridized carbons (Fsp3) is 0.375. The Balaban J connectivity index is 1.99. The van der Waals surface area contributed by atoms with Gasteiger partial charge < -0.3 is 4.57 Å². The van der Waals surface area contributed by atoms with Gasteiger partial charge in [-0.15, -0.1) is 0 Å². The van der Waals surface area contributed by atoms with Gasteiger partial charge in [-0.3, -0.25) is 4.79 Å². The number of imidazole rings is 1. The lowest BCUT2D eigenvalue weighted by Crippen LogP contribution is -2.05. The van der Waals surface area contributed by atoms with E-state index < -0.39 is 0 Å². The molecule has 2 rings (SSSR count). The van der Waals surface area contributed by atoms with Crippen LogP contribution in [-0.2, 0) is 11.3 Å². The summed E-state index contributed by atoms with van der Waals surface area (Å²) in [5.41, 5.74) is 2.21. The van der Waals surface area contributed by atoms with Crippen molar-refractivity contribution in [3.05, 3.63) is 42.9 Å². The first kappa shape index (κ1) is 13.5. The number of aryl methyl sites for hydroxylation is 1. The van der Waals surface area contributed by atoms with Crippen LogP contribution in [0.4, 0.5) is 0 Å². The minimum absolute atomic E-state index is 0.342. The van der Waals surface area contributed by atoms with Gasteiger partial charge in [0.25, 0.3) is 0 Å². The molecule has 3 heteroatoms. The van der Waals surface area contributed by atoms with Crippen molar-refractivity contribution in [2.24, 2.45) is 0 Å². The minimum Gasteiger partial charge on any atom is -0.330 e. The first-order chi connectivity index (χ1) is 9.31. The van der Waals surface area contributed by atoms with Gasteiger partial charge in [-0.2, -0.15) is 0 Å². The van der Waals surface area contributed by atoms with E-state index in [-0.39, 0.29) is 0 Å². The Morgan fingerprint density at radius 2 is 2.00 bits per heavy atom. The summed E-state index contributed by atoms with van der Waals surface area (Å²) in [6.45, 7) is 2.82. The second-order valence-electron chi connectivity index (χ2n) is 4.73. The number of benzene rings is 1. The average molecular weight is 256 g/mol. The predicted octanol–water partition coefficient (Wildman–Crippen LogP) is 3.70. The zero-order valence-electron chi connectivity index (χ0n) is 11.4. The van der Waals surface area contributed by atoms with Crippen molar-refractivity contribution >= 4 is 5.78 Å². The number of nitrogens with zero attached hydrogens (tertiary/aromatic N) is 2. The molecular formula is C16H20N2O. The van der Waals surface area contributed by atoms with E-state index in [2.05, 4.69) is 28.6 Å². The SMILES string of the molecule is CCCCC(=O)CCn1cncc1-c1ccccc1.